The Bertz CT molecular complexity index is 333. The number of allylic oxidation sites excluding steroid dienone is 2. The van der Waals surface area contributed by atoms with Crippen LogP contribution in [0.5, 0.6) is 0 Å². The molecule has 0 fully saturated rings. The molecule has 0 saturated carbocycles. The second-order valence-corrected chi connectivity index (χ2v) is 9.04. The van der Waals surface area contributed by atoms with Gasteiger partial charge in [-0.25, -0.2) is 0 Å². The highest BCUT2D eigenvalue weighted by Gasteiger charge is 1.93. The Balaban J connectivity index is 3.04. The van der Waals surface area contributed by atoms with Gasteiger partial charge in [0.15, 0.2) is 0 Å². The van der Waals surface area contributed by atoms with Gasteiger partial charge in [0, 0.05) is 0 Å². The lowest BCUT2D eigenvalue weighted by Gasteiger charge is -2.07. The van der Waals surface area contributed by atoms with E-state index >= 15 is 0 Å². The smallest absolute Gasteiger partial charge is 0.00368 e. The van der Waals surface area contributed by atoms with Gasteiger partial charge in [-0.3, -0.25) is 0 Å². The maximum Gasteiger partial charge on any atom is -0.00368 e. The maximum atomic E-state index is 5.47. The SMILES string of the molecule is CCCCCCCCC=CCCCCCCCCNCCCNCCCNCCCN. The molecule has 0 aliphatic heterocycles. The summed E-state index contributed by atoms with van der Waals surface area (Å²) in [5.74, 6) is 0. The molecule has 0 aromatic heterocycles. The van der Waals surface area contributed by atoms with Crippen molar-refractivity contribution in [3.05, 3.63) is 12.2 Å². The van der Waals surface area contributed by atoms with Crippen LogP contribution in [0.1, 0.15) is 116 Å². The van der Waals surface area contributed by atoms with Crippen LogP contribution in [0.4, 0.5) is 0 Å². The second-order valence-electron chi connectivity index (χ2n) is 9.04. The first-order valence-corrected chi connectivity index (χ1v) is 13.9. The van der Waals surface area contributed by atoms with Gasteiger partial charge in [-0.2, -0.15) is 0 Å². The van der Waals surface area contributed by atoms with Crippen molar-refractivity contribution in [2.24, 2.45) is 5.73 Å². The van der Waals surface area contributed by atoms with Crippen molar-refractivity contribution in [1.82, 2.24) is 16.0 Å². The van der Waals surface area contributed by atoms with Crippen LogP contribution in [0.15, 0.2) is 12.2 Å². The summed E-state index contributed by atoms with van der Waals surface area (Å²) < 4.78 is 0. The zero-order chi connectivity index (χ0) is 22.5. The van der Waals surface area contributed by atoms with Gasteiger partial charge in [-0.1, -0.05) is 76.9 Å². The third-order valence-corrected chi connectivity index (χ3v) is 5.84. The Labute approximate surface area is 196 Å². The fourth-order valence-corrected chi connectivity index (χ4v) is 3.78. The van der Waals surface area contributed by atoms with Crippen molar-refractivity contribution in [3.8, 4) is 0 Å². The summed E-state index contributed by atoms with van der Waals surface area (Å²) in [6.07, 6.45) is 27.7. The molecule has 0 aromatic carbocycles. The average molecular weight is 439 g/mol. The first kappa shape index (κ1) is 30.6. The van der Waals surface area contributed by atoms with E-state index in [2.05, 4.69) is 35.0 Å². The number of hydrogen-bond acceptors (Lipinski definition) is 4. The Morgan fingerprint density at radius 2 is 0.839 bits per heavy atom. The van der Waals surface area contributed by atoms with Gasteiger partial charge in [0.25, 0.3) is 0 Å². The lowest BCUT2D eigenvalue weighted by Crippen LogP contribution is -2.26. The molecule has 0 heterocycles. The van der Waals surface area contributed by atoms with Crippen LogP contribution in [-0.4, -0.2) is 45.8 Å². The summed E-state index contributed by atoms with van der Waals surface area (Å²) in [4.78, 5) is 0. The number of nitrogens with two attached hydrogens (primary N) is 1. The van der Waals surface area contributed by atoms with E-state index in [4.69, 9.17) is 5.73 Å². The molecule has 0 aromatic rings. The standard InChI is InChI=1S/C27H58N4/c1-2-3-4-5-6-7-8-9-10-11-12-13-14-15-16-17-22-29-24-19-26-31-27-20-25-30-23-18-21-28/h9-10,29-31H,2-8,11-28H2,1H3. The van der Waals surface area contributed by atoms with Gasteiger partial charge in [-0.15, -0.1) is 0 Å². The Kier molecular flexibility index (Phi) is 29.2. The third kappa shape index (κ3) is 29.6. The maximum absolute atomic E-state index is 5.47. The Morgan fingerprint density at radius 3 is 1.32 bits per heavy atom. The number of rotatable bonds is 27. The van der Waals surface area contributed by atoms with Gasteiger partial charge in [-0.05, 0) is 97.2 Å². The van der Waals surface area contributed by atoms with Crippen molar-refractivity contribution >= 4 is 0 Å². The van der Waals surface area contributed by atoms with Crippen molar-refractivity contribution in [2.45, 2.75) is 116 Å². The van der Waals surface area contributed by atoms with Gasteiger partial charge >= 0.3 is 0 Å². The average Bonchev–Trinajstić information content (AvgIpc) is 2.78. The fraction of sp³-hybridized carbons (Fsp3) is 0.926. The summed E-state index contributed by atoms with van der Waals surface area (Å²) in [6.45, 7) is 9.80. The third-order valence-electron chi connectivity index (χ3n) is 5.84. The molecule has 0 radical (unpaired) electrons. The van der Waals surface area contributed by atoms with Gasteiger partial charge in [0.1, 0.15) is 0 Å². The van der Waals surface area contributed by atoms with Crippen molar-refractivity contribution in [2.75, 3.05) is 45.8 Å². The normalized spacial score (nSPS) is 11.7. The quantitative estimate of drug-likeness (QED) is 0.0949. The molecule has 0 unspecified atom stereocenters. The molecule has 0 bridgehead atoms. The molecule has 0 atom stereocenters. The van der Waals surface area contributed by atoms with Crippen LogP contribution in [0.25, 0.3) is 0 Å². The first-order chi connectivity index (χ1) is 15.4. The predicted octanol–water partition coefficient (Wildman–Crippen LogP) is 5.92. The van der Waals surface area contributed by atoms with Gasteiger partial charge in [0.2, 0.25) is 0 Å². The predicted molar refractivity (Wildman–Crippen MR) is 141 cm³/mol. The highest BCUT2D eigenvalue weighted by Crippen LogP contribution is 2.09. The lowest BCUT2D eigenvalue weighted by atomic mass is 10.1. The minimum atomic E-state index is 0.787. The minimum absolute atomic E-state index is 0.787. The van der Waals surface area contributed by atoms with E-state index in [0.717, 1.165) is 45.7 Å². The van der Waals surface area contributed by atoms with Crippen molar-refractivity contribution < 1.29 is 0 Å². The molecule has 4 heteroatoms. The van der Waals surface area contributed by atoms with E-state index in [9.17, 15) is 0 Å². The molecule has 0 spiro atoms. The van der Waals surface area contributed by atoms with E-state index in [1.54, 1.807) is 0 Å². The van der Waals surface area contributed by atoms with E-state index in [0.29, 0.717) is 0 Å². The molecule has 0 aliphatic rings. The van der Waals surface area contributed by atoms with E-state index in [-0.39, 0.29) is 0 Å². The van der Waals surface area contributed by atoms with Crippen LogP contribution in [0.2, 0.25) is 0 Å². The molecular formula is C27H58N4. The van der Waals surface area contributed by atoms with Gasteiger partial charge < -0.3 is 21.7 Å². The summed E-state index contributed by atoms with van der Waals surface area (Å²) in [5, 5.41) is 10.5. The Hall–Kier alpha value is -0.420. The highest BCUT2D eigenvalue weighted by molar-refractivity contribution is 4.81. The fourth-order valence-electron chi connectivity index (χ4n) is 3.78. The van der Waals surface area contributed by atoms with Crippen molar-refractivity contribution in [3.63, 3.8) is 0 Å². The molecular weight excluding hydrogens is 380 g/mol. The summed E-state index contributed by atoms with van der Waals surface area (Å²) >= 11 is 0. The molecule has 4 nitrogen and oxygen atoms in total. The van der Waals surface area contributed by atoms with Gasteiger partial charge in [0.05, 0.1) is 0 Å². The molecule has 31 heavy (non-hydrogen) atoms. The zero-order valence-corrected chi connectivity index (χ0v) is 21.2. The zero-order valence-electron chi connectivity index (χ0n) is 21.2. The van der Waals surface area contributed by atoms with Crippen molar-refractivity contribution in [1.29, 1.82) is 0 Å². The summed E-state index contributed by atoms with van der Waals surface area (Å²) in [7, 11) is 0. The minimum Gasteiger partial charge on any atom is -0.330 e. The van der Waals surface area contributed by atoms with Crippen LogP contribution in [0, 0.1) is 0 Å². The lowest BCUT2D eigenvalue weighted by molar-refractivity contribution is 0.541. The molecule has 0 rings (SSSR count). The molecule has 0 saturated heterocycles. The first-order valence-electron chi connectivity index (χ1n) is 13.9. The Morgan fingerprint density at radius 1 is 0.452 bits per heavy atom. The van der Waals surface area contributed by atoms with E-state index < -0.39 is 0 Å². The molecule has 0 amide bonds. The molecule has 186 valence electrons. The van der Waals surface area contributed by atoms with E-state index in [1.165, 1.54) is 109 Å². The highest BCUT2D eigenvalue weighted by atomic mass is 14.9. The largest absolute Gasteiger partial charge is 0.330 e. The molecule has 0 aliphatic carbocycles. The number of hydrogen-bond donors (Lipinski definition) is 4. The monoisotopic (exact) mass is 438 g/mol. The topological polar surface area (TPSA) is 62.1 Å². The number of nitrogens with one attached hydrogen (secondary N) is 3. The second kappa shape index (κ2) is 29.6. The van der Waals surface area contributed by atoms with Crippen LogP contribution < -0.4 is 21.7 Å². The molecule has 5 N–H and O–H groups in total. The van der Waals surface area contributed by atoms with Crippen LogP contribution in [0.3, 0.4) is 0 Å². The summed E-state index contributed by atoms with van der Waals surface area (Å²) in [5.41, 5.74) is 5.47. The number of unbranched alkanes of at least 4 members (excludes halogenated alkanes) is 12. The van der Waals surface area contributed by atoms with E-state index in [1.807, 2.05) is 0 Å². The van der Waals surface area contributed by atoms with Crippen LogP contribution in [-0.2, 0) is 0 Å². The van der Waals surface area contributed by atoms with Crippen LogP contribution >= 0.6 is 0 Å². The summed E-state index contributed by atoms with van der Waals surface area (Å²) in [6, 6.07) is 0.